The molecule has 0 fully saturated rings. The lowest BCUT2D eigenvalue weighted by Gasteiger charge is -2.11. The van der Waals surface area contributed by atoms with Crippen LogP contribution in [0.1, 0.15) is 26.3 Å². The summed E-state index contributed by atoms with van der Waals surface area (Å²) < 4.78 is 0.832. The Balaban J connectivity index is 1.81. The fourth-order valence-corrected chi connectivity index (χ4v) is 2.95. The average molecular weight is 491 g/mol. The van der Waals surface area contributed by atoms with Gasteiger partial charge in [0.15, 0.2) is 0 Å². The standard InChI is InChI=1S/C25H19BrN2O4/c26-20-13-9-18(10-14-20)23(29)28-22(8-4-7-17-5-2-1-3-6-17)24(30)27-21-15-11-19(12-16-21)25(31)32/h1-16H,(H,27,30)(H,28,29)(H,31,32)/b7-4+,22-8-. The number of hydrogen-bond donors (Lipinski definition) is 3. The number of nitrogens with one attached hydrogen (secondary N) is 2. The molecule has 6 nitrogen and oxygen atoms in total. The number of carbonyl (C=O) groups excluding carboxylic acids is 2. The van der Waals surface area contributed by atoms with E-state index in [1.165, 1.54) is 30.3 Å². The van der Waals surface area contributed by atoms with Crippen LogP contribution in [0.15, 0.2) is 101 Å². The predicted molar refractivity (Wildman–Crippen MR) is 127 cm³/mol. The molecule has 160 valence electrons. The van der Waals surface area contributed by atoms with Gasteiger partial charge < -0.3 is 15.7 Å². The topological polar surface area (TPSA) is 95.5 Å². The molecule has 0 heterocycles. The van der Waals surface area contributed by atoms with Crippen LogP contribution < -0.4 is 10.6 Å². The van der Waals surface area contributed by atoms with E-state index in [4.69, 9.17) is 5.11 Å². The van der Waals surface area contributed by atoms with Crippen molar-refractivity contribution in [3.05, 3.63) is 118 Å². The molecule has 0 aliphatic carbocycles. The van der Waals surface area contributed by atoms with E-state index >= 15 is 0 Å². The second kappa shape index (κ2) is 10.9. The number of anilines is 1. The van der Waals surface area contributed by atoms with Crippen LogP contribution in [0.3, 0.4) is 0 Å². The predicted octanol–water partition coefficient (Wildman–Crippen LogP) is 5.11. The van der Waals surface area contributed by atoms with Gasteiger partial charge in [-0.3, -0.25) is 9.59 Å². The second-order valence-corrected chi connectivity index (χ2v) is 7.56. The average Bonchev–Trinajstić information content (AvgIpc) is 2.79. The molecule has 7 heteroatoms. The van der Waals surface area contributed by atoms with Crippen molar-refractivity contribution < 1.29 is 19.5 Å². The van der Waals surface area contributed by atoms with Crippen LogP contribution >= 0.6 is 15.9 Å². The van der Waals surface area contributed by atoms with Crippen LogP contribution in [-0.4, -0.2) is 22.9 Å². The number of aromatic carboxylic acids is 1. The lowest BCUT2D eigenvalue weighted by Crippen LogP contribution is -2.30. The zero-order valence-electron chi connectivity index (χ0n) is 16.8. The largest absolute Gasteiger partial charge is 0.478 e. The van der Waals surface area contributed by atoms with E-state index in [0.717, 1.165) is 10.0 Å². The second-order valence-electron chi connectivity index (χ2n) is 6.65. The summed E-state index contributed by atoms with van der Waals surface area (Å²) in [5.41, 5.74) is 1.87. The maximum atomic E-state index is 12.8. The molecule has 2 amide bonds. The highest BCUT2D eigenvalue weighted by atomic mass is 79.9. The number of halogens is 1. The highest BCUT2D eigenvalue weighted by Gasteiger charge is 2.14. The van der Waals surface area contributed by atoms with Crippen molar-refractivity contribution in [1.82, 2.24) is 5.32 Å². The lowest BCUT2D eigenvalue weighted by atomic mass is 10.2. The number of allylic oxidation sites excluding steroid dienone is 2. The molecule has 0 unspecified atom stereocenters. The lowest BCUT2D eigenvalue weighted by molar-refractivity contribution is -0.113. The molecule has 0 aliphatic rings. The van der Waals surface area contributed by atoms with Crippen molar-refractivity contribution in [2.45, 2.75) is 0 Å². The number of carboxylic acid groups (broad SMARTS) is 1. The molecule has 3 aromatic carbocycles. The Hall–Kier alpha value is -3.97. The van der Waals surface area contributed by atoms with E-state index in [-0.39, 0.29) is 11.3 Å². The van der Waals surface area contributed by atoms with E-state index in [1.54, 1.807) is 36.4 Å². The summed E-state index contributed by atoms with van der Waals surface area (Å²) >= 11 is 3.32. The van der Waals surface area contributed by atoms with Gasteiger partial charge in [-0.1, -0.05) is 58.4 Å². The SMILES string of the molecule is O=C(Nc1ccc(C(=O)O)cc1)/C(=C/C=C/c1ccccc1)NC(=O)c1ccc(Br)cc1. The Morgan fingerprint density at radius 3 is 2.06 bits per heavy atom. The van der Waals surface area contributed by atoms with E-state index < -0.39 is 17.8 Å². The van der Waals surface area contributed by atoms with E-state index in [1.807, 2.05) is 30.3 Å². The molecule has 0 atom stereocenters. The van der Waals surface area contributed by atoms with E-state index in [2.05, 4.69) is 26.6 Å². The normalized spacial score (nSPS) is 11.2. The van der Waals surface area contributed by atoms with Gasteiger partial charge in [-0.05, 0) is 60.2 Å². The van der Waals surface area contributed by atoms with Crippen molar-refractivity contribution in [2.75, 3.05) is 5.32 Å². The summed E-state index contributed by atoms with van der Waals surface area (Å²) in [6.45, 7) is 0. The Bertz CT molecular complexity index is 1170. The van der Waals surface area contributed by atoms with Crippen molar-refractivity contribution in [2.24, 2.45) is 0 Å². The summed E-state index contributed by atoms with van der Waals surface area (Å²) in [6.07, 6.45) is 4.98. The number of carboxylic acids is 1. The number of carbonyl (C=O) groups is 3. The highest BCUT2D eigenvalue weighted by molar-refractivity contribution is 9.10. The van der Waals surface area contributed by atoms with Crippen LogP contribution in [0.2, 0.25) is 0 Å². The smallest absolute Gasteiger partial charge is 0.335 e. The molecule has 0 saturated carbocycles. The molecule has 0 aliphatic heterocycles. The van der Waals surface area contributed by atoms with Crippen molar-refractivity contribution in [1.29, 1.82) is 0 Å². The molecule has 0 saturated heterocycles. The zero-order valence-corrected chi connectivity index (χ0v) is 18.4. The summed E-state index contributed by atoms with van der Waals surface area (Å²) in [5, 5.41) is 14.3. The van der Waals surface area contributed by atoms with Crippen LogP contribution in [0.4, 0.5) is 5.69 Å². The monoisotopic (exact) mass is 490 g/mol. The van der Waals surface area contributed by atoms with Crippen LogP contribution in [0.25, 0.3) is 6.08 Å². The molecule has 32 heavy (non-hydrogen) atoms. The van der Waals surface area contributed by atoms with Gasteiger partial charge in [-0.25, -0.2) is 4.79 Å². The van der Waals surface area contributed by atoms with Gasteiger partial charge in [0.2, 0.25) is 0 Å². The fraction of sp³-hybridized carbons (Fsp3) is 0. The minimum Gasteiger partial charge on any atom is -0.478 e. The first-order chi connectivity index (χ1) is 15.4. The third-order valence-corrected chi connectivity index (χ3v) is 4.87. The first-order valence-electron chi connectivity index (χ1n) is 9.57. The quantitative estimate of drug-likeness (QED) is 0.316. The summed E-state index contributed by atoms with van der Waals surface area (Å²) in [5.74, 6) is -2.04. The van der Waals surface area contributed by atoms with Crippen molar-refractivity contribution in [3.8, 4) is 0 Å². The zero-order chi connectivity index (χ0) is 22.9. The van der Waals surface area contributed by atoms with Gasteiger partial charge in [0.1, 0.15) is 5.70 Å². The van der Waals surface area contributed by atoms with E-state index in [0.29, 0.717) is 11.3 Å². The molecular weight excluding hydrogens is 472 g/mol. The Morgan fingerprint density at radius 1 is 0.812 bits per heavy atom. The number of benzene rings is 3. The van der Waals surface area contributed by atoms with Gasteiger partial charge in [0.05, 0.1) is 5.56 Å². The van der Waals surface area contributed by atoms with Crippen LogP contribution in [0, 0.1) is 0 Å². The highest BCUT2D eigenvalue weighted by Crippen LogP contribution is 2.13. The third-order valence-electron chi connectivity index (χ3n) is 4.34. The third kappa shape index (κ3) is 6.52. The van der Waals surface area contributed by atoms with Crippen molar-refractivity contribution in [3.63, 3.8) is 0 Å². The van der Waals surface area contributed by atoms with Gasteiger partial charge in [0, 0.05) is 15.7 Å². The molecule has 0 spiro atoms. The molecule has 0 bridgehead atoms. The first kappa shape index (κ1) is 22.7. The number of amides is 2. The summed E-state index contributed by atoms with van der Waals surface area (Å²) in [4.78, 5) is 36.5. The first-order valence-corrected chi connectivity index (χ1v) is 10.4. The minimum absolute atomic E-state index is 0.0346. The Labute approximate surface area is 193 Å². The van der Waals surface area contributed by atoms with Gasteiger partial charge in [-0.2, -0.15) is 0 Å². The number of hydrogen-bond acceptors (Lipinski definition) is 3. The Kier molecular flexibility index (Phi) is 7.72. The van der Waals surface area contributed by atoms with Crippen molar-refractivity contribution >= 4 is 45.5 Å². The molecular formula is C25H19BrN2O4. The molecule has 3 rings (SSSR count). The molecule has 0 radical (unpaired) electrons. The Morgan fingerprint density at radius 2 is 1.44 bits per heavy atom. The summed E-state index contributed by atoms with van der Waals surface area (Å²) in [7, 11) is 0. The number of rotatable bonds is 7. The van der Waals surface area contributed by atoms with Crippen LogP contribution in [0.5, 0.6) is 0 Å². The minimum atomic E-state index is -1.06. The van der Waals surface area contributed by atoms with E-state index in [9.17, 15) is 14.4 Å². The van der Waals surface area contributed by atoms with Gasteiger partial charge in [-0.15, -0.1) is 0 Å². The molecule has 3 N–H and O–H groups in total. The fourth-order valence-electron chi connectivity index (χ4n) is 2.68. The maximum Gasteiger partial charge on any atom is 0.335 e. The molecule has 3 aromatic rings. The summed E-state index contributed by atoms with van der Waals surface area (Å²) in [6, 6.07) is 22.0. The molecule has 0 aromatic heterocycles. The maximum absolute atomic E-state index is 12.8. The van der Waals surface area contributed by atoms with Gasteiger partial charge in [0.25, 0.3) is 11.8 Å². The van der Waals surface area contributed by atoms with Gasteiger partial charge >= 0.3 is 5.97 Å². The van der Waals surface area contributed by atoms with Crippen LogP contribution in [-0.2, 0) is 4.79 Å².